The van der Waals surface area contributed by atoms with Gasteiger partial charge in [0.15, 0.2) is 0 Å². The fourth-order valence-corrected chi connectivity index (χ4v) is 4.96. The summed E-state index contributed by atoms with van der Waals surface area (Å²) in [6.45, 7) is 4.72. The fraction of sp³-hybridized carbons (Fsp3) is 0.647. The number of nitrogens with one attached hydrogen (secondary N) is 2. The molecule has 1 aromatic rings. The molecule has 0 bridgehead atoms. The Balaban J connectivity index is 1.77. The third-order valence-corrected chi connectivity index (χ3v) is 6.51. The highest BCUT2D eigenvalue weighted by Crippen LogP contribution is 2.29. The van der Waals surface area contributed by atoms with E-state index in [-0.39, 0.29) is 17.0 Å². The quantitative estimate of drug-likeness (QED) is 0.781. The molecule has 2 fully saturated rings. The molecule has 1 aromatic carbocycles. The monoisotopic (exact) mass is 388 g/mol. The number of sulfonamides is 1. The van der Waals surface area contributed by atoms with Gasteiger partial charge in [0.25, 0.3) is 0 Å². The van der Waals surface area contributed by atoms with Crippen LogP contribution in [0.2, 0.25) is 5.02 Å². The number of hydrogen-bond acceptors (Lipinski definition) is 5. The third-order valence-electron chi connectivity index (χ3n) is 4.76. The number of piperidine rings is 1. The predicted octanol–water partition coefficient (Wildman–Crippen LogP) is 2.17. The summed E-state index contributed by atoms with van der Waals surface area (Å²) in [5, 5.41) is 3.66. The molecular formula is C17H25ClN2O4S. The molecule has 8 heteroatoms. The molecule has 25 heavy (non-hydrogen) atoms. The first kappa shape index (κ1) is 18.9. The van der Waals surface area contributed by atoms with Crippen molar-refractivity contribution in [2.24, 2.45) is 5.92 Å². The van der Waals surface area contributed by atoms with E-state index in [2.05, 4.69) is 10.0 Å². The van der Waals surface area contributed by atoms with Crippen LogP contribution in [0.15, 0.2) is 23.1 Å². The molecule has 2 N–H and O–H groups in total. The Hall–Kier alpha value is -0.860. The van der Waals surface area contributed by atoms with Crippen molar-refractivity contribution in [1.82, 2.24) is 10.0 Å². The molecule has 0 saturated carbocycles. The lowest BCUT2D eigenvalue weighted by Crippen LogP contribution is -2.51. The summed E-state index contributed by atoms with van der Waals surface area (Å²) in [5.74, 6) is 0.627. The first-order valence-electron chi connectivity index (χ1n) is 8.71. The van der Waals surface area contributed by atoms with Gasteiger partial charge in [0.2, 0.25) is 10.0 Å². The van der Waals surface area contributed by atoms with Crippen LogP contribution >= 0.6 is 11.6 Å². The number of benzene rings is 1. The molecule has 0 aliphatic carbocycles. The minimum Gasteiger partial charge on any atom is -0.492 e. The molecule has 0 amide bonds. The van der Waals surface area contributed by atoms with Crippen molar-refractivity contribution >= 4 is 21.6 Å². The lowest BCUT2D eigenvalue weighted by atomic mass is 10.0. The average Bonchev–Trinajstić information content (AvgIpc) is 3.09. The Morgan fingerprint density at radius 1 is 1.40 bits per heavy atom. The molecule has 3 atom stereocenters. The van der Waals surface area contributed by atoms with Crippen molar-refractivity contribution in [2.45, 2.75) is 43.2 Å². The molecule has 3 rings (SSSR count). The zero-order valence-corrected chi connectivity index (χ0v) is 15.9. The van der Waals surface area contributed by atoms with E-state index < -0.39 is 10.0 Å². The highest BCUT2D eigenvalue weighted by molar-refractivity contribution is 7.89. The summed E-state index contributed by atoms with van der Waals surface area (Å²) in [6, 6.07) is 4.66. The Kier molecular flexibility index (Phi) is 6.22. The smallest absolute Gasteiger partial charge is 0.244 e. The van der Waals surface area contributed by atoms with Gasteiger partial charge in [-0.3, -0.25) is 0 Å². The Bertz CT molecular complexity index is 692. The molecule has 2 aliphatic rings. The SMILES string of the molecule is CC1NCCCC1NS(=O)(=O)c1cc(Cl)ccc1OCC1CCOC1. The molecule has 6 nitrogen and oxygen atoms in total. The van der Waals surface area contributed by atoms with Gasteiger partial charge in [0.05, 0.1) is 13.2 Å². The van der Waals surface area contributed by atoms with Crippen molar-refractivity contribution in [1.29, 1.82) is 0 Å². The van der Waals surface area contributed by atoms with Gasteiger partial charge in [0.1, 0.15) is 10.6 Å². The Labute approximate surface area is 154 Å². The minimum absolute atomic E-state index is 0.0858. The van der Waals surface area contributed by atoms with E-state index >= 15 is 0 Å². The van der Waals surface area contributed by atoms with Crippen LogP contribution in [-0.2, 0) is 14.8 Å². The molecule has 140 valence electrons. The van der Waals surface area contributed by atoms with E-state index in [1.54, 1.807) is 12.1 Å². The maximum absolute atomic E-state index is 12.9. The summed E-state index contributed by atoms with van der Waals surface area (Å²) < 4.78 is 39.8. The van der Waals surface area contributed by atoms with E-state index in [1.807, 2.05) is 6.92 Å². The molecule has 2 heterocycles. The van der Waals surface area contributed by atoms with Crippen LogP contribution < -0.4 is 14.8 Å². The van der Waals surface area contributed by atoms with Gasteiger partial charge in [-0.15, -0.1) is 0 Å². The molecule has 0 radical (unpaired) electrons. The van der Waals surface area contributed by atoms with E-state index in [0.717, 1.165) is 32.4 Å². The van der Waals surface area contributed by atoms with Gasteiger partial charge in [-0.2, -0.15) is 0 Å². The Morgan fingerprint density at radius 2 is 2.24 bits per heavy atom. The average molecular weight is 389 g/mol. The lowest BCUT2D eigenvalue weighted by Gasteiger charge is -2.30. The van der Waals surface area contributed by atoms with Gasteiger partial charge in [-0.05, 0) is 50.9 Å². The highest BCUT2D eigenvalue weighted by atomic mass is 35.5. The summed E-state index contributed by atoms with van der Waals surface area (Å²) >= 11 is 6.04. The zero-order chi connectivity index (χ0) is 17.9. The van der Waals surface area contributed by atoms with Gasteiger partial charge in [-0.25, -0.2) is 13.1 Å². The van der Waals surface area contributed by atoms with Gasteiger partial charge in [0, 0.05) is 29.6 Å². The summed E-state index contributed by atoms with van der Waals surface area (Å²) in [4.78, 5) is 0.0942. The lowest BCUT2D eigenvalue weighted by molar-refractivity contribution is 0.166. The summed E-state index contributed by atoms with van der Waals surface area (Å²) in [5.41, 5.74) is 0. The van der Waals surface area contributed by atoms with Crippen LogP contribution in [0.1, 0.15) is 26.2 Å². The standard InChI is InChI=1S/C17H25ClN2O4S/c1-12-15(3-2-7-19-12)20-25(21,22)17-9-14(18)4-5-16(17)24-11-13-6-8-23-10-13/h4-5,9,12-13,15,19-20H,2-3,6-8,10-11H2,1H3. The number of rotatable bonds is 6. The van der Waals surface area contributed by atoms with Crippen molar-refractivity contribution in [3.05, 3.63) is 23.2 Å². The Morgan fingerprint density at radius 3 is 2.96 bits per heavy atom. The fourth-order valence-electron chi connectivity index (χ4n) is 3.20. The molecular weight excluding hydrogens is 364 g/mol. The van der Waals surface area contributed by atoms with Crippen LogP contribution in [0.25, 0.3) is 0 Å². The highest BCUT2D eigenvalue weighted by Gasteiger charge is 2.29. The van der Waals surface area contributed by atoms with Crippen LogP contribution in [-0.4, -0.2) is 46.9 Å². The minimum atomic E-state index is -3.72. The van der Waals surface area contributed by atoms with Crippen molar-refractivity contribution in [3.8, 4) is 5.75 Å². The topological polar surface area (TPSA) is 76.7 Å². The van der Waals surface area contributed by atoms with Gasteiger partial charge >= 0.3 is 0 Å². The second kappa shape index (κ2) is 8.22. The van der Waals surface area contributed by atoms with Gasteiger partial charge < -0.3 is 14.8 Å². The molecule has 2 aliphatic heterocycles. The molecule has 0 aromatic heterocycles. The van der Waals surface area contributed by atoms with E-state index in [9.17, 15) is 8.42 Å². The number of ether oxygens (including phenoxy) is 2. The number of halogens is 1. The van der Waals surface area contributed by atoms with E-state index in [4.69, 9.17) is 21.1 Å². The zero-order valence-electron chi connectivity index (χ0n) is 14.3. The second-order valence-corrected chi connectivity index (χ2v) is 8.86. The van der Waals surface area contributed by atoms with Crippen molar-refractivity contribution < 1.29 is 17.9 Å². The van der Waals surface area contributed by atoms with Crippen molar-refractivity contribution in [3.63, 3.8) is 0 Å². The molecule has 3 unspecified atom stereocenters. The summed E-state index contributed by atoms with van der Waals surface area (Å²) in [6.07, 6.45) is 2.68. The van der Waals surface area contributed by atoms with E-state index in [0.29, 0.717) is 29.9 Å². The third kappa shape index (κ3) is 4.86. The van der Waals surface area contributed by atoms with E-state index in [1.165, 1.54) is 6.07 Å². The second-order valence-electron chi connectivity index (χ2n) is 6.74. The first-order valence-corrected chi connectivity index (χ1v) is 10.6. The maximum atomic E-state index is 12.9. The van der Waals surface area contributed by atoms with Crippen LogP contribution in [0.5, 0.6) is 5.75 Å². The predicted molar refractivity (Wildman–Crippen MR) is 96.7 cm³/mol. The van der Waals surface area contributed by atoms with Crippen LogP contribution in [0.3, 0.4) is 0 Å². The van der Waals surface area contributed by atoms with Crippen LogP contribution in [0, 0.1) is 5.92 Å². The number of hydrogen-bond donors (Lipinski definition) is 2. The maximum Gasteiger partial charge on any atom is 0.244 e. The van der Waals surface area contributed by atoms with Crippen LogP contribution in [0.4, 0.5) is 0 Å². The molecule has 0 spiro atoms. The normalized spacial score (nSPS) is 27.4. The largest absolute Gasteiger partial charge is 0.492 e. The van der Waals surface area contributed by atoms with Gasteiger partial charge in [-0.1, -0.05) is 11.6 Å². The van der Waals surface area contributed by atoms with Crippen molar-refractivity contribution in [2.75, 3.05) is 26.4 Å². The first-order chi connectivity index (χ1) is 12.0. The molecule has 2 saturated heterocycles. The summed E-state index contributed by atoms with van der Waals surface area (Å²) in [7, 11) is -3.72.